The normalized spacial score (nSPS) is 12.5. The average Bonchev–Trinajstić information content (AvgIpc) is 2.98. The van der Waals surface area contributed by atoms with Gasteiger partial charge in [0.2, 0.25) is 0 Å². The topological polar surface area (TPSA) is 84.3 Å². The van der Waals surface area contributed by atoms with Crippen molar-refractivity contribution in [3.63, 3.8) is 0 Å². The zero-order chi connectivity index (χ0) is 23.7. The fourth-order valence-electron chi connectivity index (χ4n) is 3.25. The van der Waals surface area contributed by atoms with Gasteiger partial charge in [-0.05, 0) is 38.9 Å². The van der Waals surface area contributed by atoms with Crippen LogP contribution in [0.15, 0.2) is 35.3 Å². The van der Waals surface area contributed by atoms with E-state index in [1.807, 2.05) is 20.8 Å². The number of nitrogens with two attached hydrogens (primary N) is 1. The summed E-state index contributed by atoms with van der Waals surface area (Å²) in [5.41, 5.74) is 6.21. The number of anilines is 1. The molecule has 0 aliphatic rings. The van der Waals surface area contributed by atoms with Crippen molar-refractivity contribution in [2.45, 2.75) is 65.3 Å². The van der Waals surface area contributed by atoms with E-state index in [2.05, 4.69) is 19.6 Å². The Balaban J connectivity index is 2.05. The molecule has 0 fully saturated rings. The standard InChI is InChI=1S/C23H33FN4O3Si/c1-23(2,3)31-19-13-16(24)12-18-21(19)26-20(14-27-9-7-8-17(25)22(27)29)28(18)15-30-10-11-32(4,5)6/h7-9,12-13H,10-11,14-15,25H2,1-6H3. The Kier molecular flexibility index (Phi) is 6.80. The molecule has 0 unspecified atom stereocenters. The molecule has 3 rings (SSSR count). The van der Waals surface area contributed by atoms with Crippen LogP contribution in [0.25, 0.3) is 11.0 Å². The van der Waals surface area contributed by atoms with Crippen molar-refractivity contribution in [3.05, 3.63) is 52.5 Å². The molecule has 2 N–H and O–H groups in total. The Morgan fingerprint density at radius 2 is 1.94 bits per heavy atom. The highest BCUT2D eigenvalue weighted by atomic mass is 28.3. The van der Waals surface area contributed by atoms with Gasteiger partial charge in [-0.2, -0.15) is 0 Å². The summed E-state index contributed by atoms with van der Waals surface area (Å²) in [6.07, 6.45) is 1.65. The molecule has 32 heavy (non-hydrogen) atoms. The second-order valence-corrected chi connectivity index (χ2v) is 15.8. The van der Waals surface area contributed by atoms with Gasteiger partial charge in [-0.1, -0.05) is 19.6 Å². The number of imidazole rings is 1. The Bertz CT molecular complexity index is 1160. The summed E-state index contributed by atoms with van der Waals surface area (Å²) < 4.78 is 29.7. The van der Waals surface area contributed by atoms with Crippen LogP contribution in [0, 0.1) is 5.82 Å². The Labute approximate surface area is 189 Å². The highest BCUT2D eigenvalue weighted by Crippen LogP contribution is 2.31. The van der Waals surface area contributed by atoms with E-state index in [0.717, 1.165) is 6.04 Å². The molecule has 174 valence electrons. The average molecular weight is 461 g/mol. The first-order valence-electron chi connectivity index (χ1n) is 10.7. The van der Waals surface area contributed by atoms with Gasteiger partial charge in [-0.25, -0.2) is 9.37 Å². The lowest BCUT2D eigenvalue weighted by molar-refractivity contribution is 0.0876. The highest BCUT2D eigenvalue weighted by molar-refractivity contribution is 6.76. The van der Waals surface area contributed by atoms with Gasteiger partial charge in [-0.3, -0.25) is 4.79 Å². The molecule has 0 aliphatic carbocycles. The molecule has 0 aliphatic heterocycles. The Hall–Kier alpha value is -2.65. The number of halogens is 1. The third-order valence-electron chi connectivity index (χ3n) is 4.86. The number of fused-ring (bicyclic) bond motifs is 1. The number of nitrogen functional groups attached to an aromatic ring is 1. The van der Waals surface area contributed by atoms with Gasteiger partial charge >= 0.3 is 0 Å². The molecule has 2 aromatic heterocycles. The molecule has 3 aromatic rings. The molecule has 0 radical (unpaired) electrons. The fraction of sp³-hybridized carbons (Fsp3) is 0.478. The van der Waals surface area contributed by atoms with Crippen LogP contribution in [0.1, 0.15) is 26.6 Å². The van der Waals surface area contributed by atoms with E-state index in [9.17, 15) is 9.18 Å². The molecule has 9 heteroatoms. The van der Waals surface area contributed by atoms with Crippen molar-refractivity contribution in [2.24, 2.45) is 0 Å². The third kappa shape index (κ3) is 5.98. The van der Waals surface area contributed by atoms with Gasteiger partial charge in [0.05, 0.1) is 17.7 Å². The van der Waals surface area contributed by atoms with E-state index in [-0.39, 0.29) is 24.5 Å². The predicted octanol–water partition coefficient (Wildman–Crippen LogP) is 4.46. The predicted molar refractivity (Wildman–Crippen MR) is 128 cm³/mol. The lowest BCUT2D eigenvalue weighted by Gasteiger charge is -2.21. The number of hydrogen-bond donors (Lipinski definition) is 1. The monoisotopic (exact) mass is 460 g/mol. The smallest absolute Gasteiger partial charge is 0.274 e. The Morgan fingerprint density at radius 3 is 2.59 bits per heavy atom. The van der Waals surface area contributed by atoms with E-state index >= 15 is 0 Å². The number of hydrogen-bond acceptors (Lipinski definition) is 5. The van der Waals surface area contributed by atoms with E-state index in [1.54, 1.807) is 22.9 Å². The van der Waals surface area contributed by atoms with Crippen LogP contribution < -0.4 is 16.0 Å². The van der Waals surface area contributed by atoms with Crippen molar-refractivity contribution < 1.29 is 13.9 Å². The number of rotatable bonds is 8. The zero-order valence-corrected chi connectivity index (χ0v) is 20.7. The summed E-state index contributed by atoms with van der Waals surface area (Å²) >= 11 is 0. The van der Waals surface area contributed by atoms with Crippen molar-refractivity contribution in [1.82, 2.24) is 14.1 Å². The zero-order valence-electron chi connectivity index (χ0n) is 19.7. The lowest BCUT2D eigenvalue weighted by Crippen LogP contribution is -2.24. The second-order valence-electron chi connectivity index (χ2n) is 10.2. The van der Waals surface area contributed by atoms with Crippen LogP contribution in [-0.2, 0) is 18.0 Å². The first-order chi connectivity index (χ1) is 14.8. The van der Waals surface area contributed by atoms with Crippen molar-refractivity contribution in [2.75, 3.05) is 12.3 Å². The number of aromatic nitrogens is 3. The van der Waals surface area contributed by atoms with Gasteiger partial charge in [0.15, 0.2) is 5.75 Å². The molecule has 7 nitrogen and oxygen atoms in total. The minimum Gasteiger partial charge on any atom is -0.486 e. The maximum absolute atomic E-state index is 14.5. The lowest BCUT2D eigenvalue weighted by atomic mass is 10.2. The van der Waals surface area contributed by atoms with Crippen LogP contribution in [0.3, 0.4) is 0 Å². The quantitative estimate of drug-likeness (QED) is 0.396. The van der Waals surface area contributed by atoms with E-state index in [4.69, 9.17) is 20.2 Å². The van der Waals surface area contributed by atoms with E-state index in [0.29, 0.717) is 29.2 Å². The molecule has 1 aromatic carbocycles. The van der Waals surface area contributed by atoms with Crippen molar-refractivity contribution in [3.8, 4) is 5.75 Å². The SMILES string of the molecule is CC(C)(C)Oc1cc(F)cc2c1nc(Cn1cccc(N)c1=O)n2COCC[Si](C)(C)C. The summed E-state index contributed by atoms with van der Waals surface area (Å²) in [6, 6.07) is 7.04. The largest absolute Gasteiger partial charge is 0.486 e. The summed E-state index contributed by atoms with van der Waals surface area (Å²) in [7, 11) is -1.26. The molecule has 0 saturated heterocycles. The molecule has 0 spiro atoms. The molecule has 2 heterocycles. The van der Waals surface area contributed by atoms with Crippen LogP contribution in [-0.4, -0.2) is 34.4 Å². The highest BCUT2D eigenvalue weighted by Gasteiger charge is 2.21. The maximum Gasteiger partial charge on any atom is 0.274 e. The first kappa shape index (κ1) is 24.0. The van der Waals surface area contributed by atoms with Crippen molar-refractivity contribution >= 4 is 24.8 Å². The van der Waals surface area contributed by atoms with E-state index < -0.39 is 19.5 Å². The first-order valence-corrected chi connectivity index (χ1v) is 14.5. The van der Waals surface area contributed by atoms with Crippen LogP contribution in [0.2, 0.25) is 25.7 Å². The second kappa shape index (κ2) is 9.07. The Morgan fingerprint density at radius 1 is 1.22 bits per heavy atom. The molecular formula is C23H33FN4O3Si. The van der Waals surface area contributed by atoms with Crippen LogP contribution >= 0.6 is 0 Å². The summed E-state index contributed by atoms with van der Waals surface area (Å²) in [5.74, 6) is 0.493. The fourth-order valence-corrected chi connectivity index (χ4v) is 4.00. The molecule has 0 bridgehead atoms. The van der Waals surface area contributed by atoms with Crippen LogP contribution in [0.5, 0.6) is 5.75 Å². The minimum atomic E-state index is -1.26. The minimum absolute atomic E-state index is 0.157. The molecular weight excluding hydrogens is 427 g/mol. The van der Waals surface area contributed by atoms with Crippen molar-refractivity contribution in [1.29, 1.82) is 0 Å². The van der Waals surface area contributed by atoms with Gasteiger partial charge in [-0.15, -0.1) is 0 Å². The van der Waals surface area contributed by atoms with Gasteiger partial charge < -0.3 is 24.3 Å². The van der Waals surface area contributed by atoms with Gasteiger partial charge in [0.1, 0.15) is 29.5 Å². The molecule has 0 atom stereocenters. The summed E-state index contributed by atoms with van der Waals surface area (Å²) in [5, 5.41) is 0. The third-order valence-corrected chi connectivity index (χ3v) is 6.56. The summed E-state index contributed by atoms with van der Waals surface area (Å²) in [6.45, 7) is 13.5. The number of nitrogens with zero attached hydrogens (tertiary/aromatic N) is 3. The number of benzene rings is 1. The number of pyridine rings is 1. The van der Waals surface area contributed by atoms with Gasteiger partial charge in [0, 0.05) is 33.0 Å². The summed E-state index contributed by atoms with van der Waals surface area (Å²) in [4.78, 5) is 17.2. The number of ether oxygens (including phenoxy) is 2. The van der Waals surface area contributed by atoms with E-state index in [1.165, 1.54) is 16.7 Å². The molecule has 0 saturated carbocycles. The maximum atomic E-state index is 14.5. The van der Waals surface area contributed by atoms with Gasteiger partial charge in [0.25, 0.3) is 5.56 Å². The van der Waals surface area contributed by atoms with Crippen LogP contribution in [0.4, 0.5) is 10.1 Å². The molecule has 0 amide bonds.